The summed E-state index contributed by atoms with van der Waals surface area (Å²) in [6.45, 7) is 2.37. The lowest BCUT2D eigenvalue weighted by Crippen LogP contribution is -2.13. The van der Waals surface area contributed by atoms with E-state index in [0.717, 1.165) is 5.56 Å². The molecule has 0 spiro atoms. The summed E-state index contributed by atoms with van der Waals surface area (Å²) in [5.41, 5.74) is 6.94. The SMILES string of the molecule is CCc1occc1C(=O)Nc1ccc(CN)cn1. The lowest BCUT2D eigenvalue weighted by atomic mass is 10.2. The predicted molar refractivity (Wildman–Crippen MR) is 68.2 cm³/mol. The third-order valence-electron chi connectivity index (χ3n) is 2.61. The van der Waals surface area contributed by atoms with Gasteiger partial charge in [0, 0.05) is 19.2 Å². The van der Waals surface area contributed by atoms with E-state index >= 15 is 0 Å². The van der Waals surface area contributed by atoms with Crippen molar-refractivity contribution in [1.29, 1.82) is 0 Å². The van der Waals surface area contributed by atoms with Crippen molar-refractivity contribution in [2.75, 3.05) is 5.32 Å². The molecular formula is C13H15N3O2. The van der Waals surface area contributed by atoms with Crippen molar-refractivity contribution in [3.8, 4) is 0 Å². The molecule has 5 heteroatoms. The van der Waals surface area contributed by atoms with Crippen LogP contribution < -0.4 is 11.1 Å². The molecule has 3 N–H and O–H groups in total. The molecule has 0 atom stereocenters. The zero-order valence-electron chi connectivity index (χ0n) is 10.1. The first-order valence-electron chi connectivity index (χ1n) is 5.77. The Morgan fingerprint density at radius 1 is 1.44 bits per heavy atom. The summed E-state index contributed by atoms with van der Waals surface area (Å²) in [6, 6.07) is 5.22. The number of amides is 1. The summed E-state index contributed by atoms with van der Waals surface area (Å²) in [6.07, 6.45) is 3.83. The Hall–Kier alpha value is -2.14. The number of aryl methyl sites for hydroxylation is 1. The Kier molecular flexibility index (Phi) is 3.74. The quantitative estimate of drug-likeness (QED) is 0.862. The van der Waals surface area contributed by atoms with Crippen molar-refractivity contribution < 1.29 is 9.21 Å². The van der Waals surface area contributed by atoms with Crippen LogP contribution in [0.25, 0.3) is 0 Å². The fourth-order valence-electron chi connectivity index (χ4n) is 1.62. The standard InChI is InChI=1S/C13H15N3O2/c1-2-11-10(5-6-18-11)13(17)16-12-4-3-9(7-14)8-15-12/h3-6,8H,2,7,14H2,1H3,(H,15,16,17). The molecule has 94 valence electrons. The van der Waals surface area contributed by atoms with Gasteiger partial charge in [-0.3, -0.25) is 4.79 Å². The molecule has 0 aliphatic carbocycles. The van der Waals surface area contributed by atoms with Crippen LogP contribution >= 0.6 is 0 Å². The highest BCUT2D eigenvalue weighted by Crippen LogP contribution is 2.13. The minimum absolute atomic E-state index is 0.214. The highest BCUT2D eigenvalue weighted by atomic mass is 16.3. The Labute approximate surface area is 105 Å². The van der Waals surface area contributed by atoms with Gasteiger partial charge in [0.2, 0.25) is 0 Å². The van der Waals surface area contributed by atoms with Gasteiger partial charge in [0.1, 0.15) is 11.6 Å². The monoisotopic (exact) mass is 245 g/mol. The largest absolute Gasteiger partial charge is 0.469 e. The third-order valence-corrected chi connectivity index (χ3v) is 2.61. The maximum Gasteiger partial charge on any atom is 0.260 e. The van der Waals surface area contributed by atoms with Gasteiger partial charge in [0.15, 0.2) is 0 Å². The number of aromatic nitrogens is 1. The summed E-state index contributed by atoms with van der Waals surface area (Å²) in [5.74, 6) is 0.958. The topological polar surface area (TPSA) is 81.2 Å². The number of nitrogens with zero attached hydrogens (tertiary/aromatic N) is 1. The molecule has 0 saturated carbocycles. The number of rotatable bonds is 4. The molecule has 18 heavy (non-hydrogen) atoms. The van der Waals surface area contributed by atoms with Crippen LogP contribution in [-0.2, 0) is 13.0 Å². The van der Waals surface area contributed by atoms with Gasteiger partial charge in [0.25, 0.3) is 5.91 Å². The van der Waals surface area contributed by atoms with Crippen LogP contribution in [0.2, 0.25) is 0 Å². The van der Waals surface area contributed by atoms with Gasteiger partial charge >= 0.3 is 0 Å². The number of hydrogen-bond acceptors (Lipinski definition) is 4. The normalized spacial score (nSPS) is 10.3. The fourth-order valence-corrected chi connectivity index (χ4v) is 1.62. The maximum absolute atomic E-state index is 12.0. The van der Waals surface area contributed by atoms with Gasteiger partial charge in [0.05, 0.1) is 11.8 Å². The zero-order chi connectivity index (χ0) is 13.0. The van der Waals surface area contributed by atoms with Crippen LogP contribution in [0.5, 0.6) is 0 Å². The molecule has 0 aromatic carbocycles. The fraction of sp³-hybridized carbons (Fsp3) is 0.231. The Morgan fingerprint density at radius 3 is 2.89 bits per heavy atom. The van der Waals surface area contributed by atoms with Crippen molar-refractivity contribution >= 4 is 11.7 Å². The Morgan fingerprint density at radius 2 is 2.28 bits per heavy atom. The second kappa shape index (κ2) is 5.46. The highest BCUT2D eigenvalue weighted by molar-refractivity contribution is 6.04. The third kappa shape index (κ3) is 2.57. The predicted octanol–water partition coefficient (Wildman–Crippen LogP) is 1.95. The lowest BCUT2D eigenvalue weighted by molar-refractivity contribution is 0.102. The average molecular weight is 245 g/mol. The summed E-state index contributed by atoms with van der Waals surface area (Å²) in [4.78, 5) is 16.1. The van der Waals surface area contributed by atoms with Crippen LogP contribution in [0.15, 0.2) is 35.1 Å². The summed E-state index contributed by atoms with van der Waals surface area (Å²) in [5, 5.41) is 2.72. The molecule has 0 saturated heterocycles. The first kappa shape index (κ1) is 12.3. The minimum atomic E-state index is -0.214. The van der Waals surface area contributed by atoms with E-state index in [4.69, 9.17) is 10.2 Å². The number of pyridine rings is 1. The van der Waals surface area contributed by atoms with Gasteiger partial charge in [-0.05, 0) is 17.7 Å². The summed E-state index contributed by atoms with van der Waals surface area (Å²) >= 11 is 0. The van der Waals surface area contributed by atoms with Crippen molar-refractivity contribution in [3.63, 3.8) is 0 Å². The molecule has 2 heterocycles. The number of furan rings is 1. The minimum Gasteiger partial charge on any atom is -0.469 e. The first-order valence-corrected chi connectivity index (χ1v) is 5.77. The van der Waals surface area contributed by atoms with Gasteiger partial charge in [-0.25, -0.2) is 4.98 Å². The molecule has 0 unspecified atom stereocenters. The van der Waals surface area contributed by atoms with Crippen molar-refractivity contribution in [2.45, 2.75) is 19.9 Å². The average Bonchev–Trinajstić information content (AvgIpc) is 2.88. The van der Waals surface area contributed by atoms with Crippen molar-refractivity contribution in [1.82, 2.24) is 4.98 Å². The first-order chi connectivity index (χ1) is 8.74. The highest BCUT2D eigenvalue weighted by Gasteiger charge is 2.13. The molecule has 5 nitrogen and oxygen atoms in total. The number of anilines is 1. The van der Waals surface area contributed by atoms with E-state index in [1.165, 1.54) is 6.26 Å². The van der Waals surface area contributed by atoms with Gasteiger partial charge < -0.3 is 15.5 Å². The number of nitrogens with two attached hydrogens (primary N) is 1. The number of nitrogens with one attached hydrogen (secondary N) is 1. The van der Waals surface area contributed by atoms with E-state index < -0.39 is 0 Å². The second-order valence-electron chi connectivity index (χ2n) is 3.82. The molecular weight excluding hydrogens is 230 g/mol. The van der Waals surface area contributed by atoms with Crippen LogP contribution in [0.4, 0.5) is 5.82 Å². The Balaban J connectivity index is 2.11. The smallest absolute Gasteiger partial charge is 0.260 e. The van der Waals surface area contributed by atoms with Gasteiger partial charge in [-0.1, -0.05) is 13.0 Å². The molecule has 2 aromatic rings. The van der Waals surface area contributed by atoms with Crippen LogP contribution in [0.1, 0.15) is 28.6 Å². The van der Waals surface area contributed by atoms with Crippen LogP contribution in [-0.4, -0.2) is 10.9 Å². The Bertz CT molecular complexity index is 531. The summed E-state index contributed by atoms with van der Waals surface area (Å²) < 4.78 is 5.21. The molecule has 2 aromatic heterocycles. The molecule has 0 bridgehead atoms. The zero-order valence-corrected chi connectivity index (χ0v) is 10.1. The van der Waals surface area contributed by atoms with E-state index in [-0.39, 0.29) is 5.91 Å². The molecule has 0 radical (unpaired) electrons. The van der Waals surface area contributed by atoms with E-state index in [9.17, 15) is 4.79 Å². The molecule has 0 aliphatic rings. The molecule has 0 fully saturated rings. The number of carbonyl (C=O) groups is 1. The molecule has 1 amide bonds. The van der Waals surface area contributed by atoms with E-state index in [2.05, 4.69) is 10.3 Å². The maximum atomic E-state index is 12.0. The molecule has 0 aliphatic heterocycles. The summed E-state index contributed by atoms with van der Waals surface area (Å²) in [7, 11) is 0. The van der Waals surface area contributed by atoms with Crippen molar-refractivity contribution in [2.24, 2.45) is 5.73 Å². The number of hydrogen-bond donors (Lipinski definition) is 2. The number of carbonyl (C=O) groups excluding carboxylic acids is 1. The van der Waals surface area contributed by atoms with Crippen LogP contribution in [0.3, 0.4) is 0 Å². The van der Waals surface area contributed by atoms with Gasteiger partial charge in [-0.15, -0.1) is 0 Å². The lowest BCUT2D eigenvalue weighted by Gasteiger charge is -2.04. The van der Waals surface area contributed by atoms with Crippen LogP contribution in [0, 0.1) is 0 Å². The van der Waals surface area contributed by atoms with Crippen molar-refractivity contribution in [3.05, 3.63) is 47.5 Å². The van der Waals surface area contributed by atoms with E-state index in [1.54, 1.807) is 18.3 Å². The van der Waals surface area contributed by atoms with Gasteiger partial charge in [-0.2, -0.15) is 0 Å². The van der Waals surface area contributed by atoms with E-state index in [0.29, 0.717) is 30.1 Å². The second-order valence-corrected chi connectivity index (χ2v) is 3.82. The van der Waals surface area contributed by atoms with E-state index in [1.807, 2.05) is 13.0 Å². The molecule has 2 rings (SSSR count).